The van der Waals surface area contributed by atoms with Gasteiger partial charge in [-0.05, 0) is 54.8 Å². The molecule has 33 heavy (non-hydrogen) atoms. The number of carbonyl (C=O) groups excluding carboxylic acids is 1. The van der Waals surface area contributed by atoms with Crippen molar-refractivity contribution in [3.8, 4) is 11.5 Å². The summed E-state index contributed by atoms with van der Waals surface area (Å²) in [6.45, 7) is 3.80. The van der Waals surface area contributed by atoms with Gasteiger partial charge in [0.2, 0.25) is 0 Å². The van der Waals surface area contributed by atoms with Crippen molar-refractivity contribution in [2.75, 3.05) is 13.2 Å². The molecule has 0 unspecified atom stereocenters. The smallest absolute Gasteiger partial charge is 0.258 e. The van der Waals surface area contributed by atoms with Crippen LogP contribution in [-0.2, 0) is 24.3 Å². The molecule has 6 nitrogen and oxygen atoms in total. The minimum atomic E-state index is -0.184. The maximum Gasteiger partial charge on any atom is 0.258 e. The van der Waals surface area contributed by atoms with Crippen molar-refractivity contribution in [1.82, 2.24) is 14.9 Å². The second-order valence-electron chi connectivity index (χ2n) is 7.75. The van der Waals surface area contributed by atoms with Gasteiger partial charge in [0.15, 0.2) is 6.61 Å². The molecule has 1 heterocycles. The van der Waals surface area contributed by atoms with E-state index in [9.17, 15) is 4.79 Å². The molecule has 1 N–H and O–H groups in total. The van der Waals surface area contributed by atoms with Crippen molar-refractivity contribution >= 4 is 16.9 Å². The van der Waals surface area contributed by atoms with Crippen molar-refractivity contribution in [3.63, 3.8) is 0 Å². The van der Waals surface area contributed by atoms with E-state index in [4.69, 9.17) is 14.5 Å². The zero-order valence-corrected chi connectivity index (χ0v) is 18.9. The highest BCUT2D eigenvalue weighted by Crippen LogP contribution is 2.18. The lowest BCUT2D eigenvalue weighted by Gasteiger charge is -2.12. The predicted octanol–water partition coefficient (Wildman–Crippen LogP) is 4.76. The highest BCUT2D eigenvalue weighted by molar-refractivity contribution is 5.78. The van der Waals surface area contributed by atoms with Crippen molar-refractivity contribution in [3.05, 3.63) is 90.3 Å². The molecule has 0 aliphatic rings. The first kappa shape index (κ1) is 22.4. The molecule has 0 bridgehead atoms. The summed E-state index contributed by atoms with van der Waals surface area (Å²) in [4.78, 5) is 17.0. The van der Waals surface area contributed by atoms with Gasteiger partial charge in [0, 0.05) is 6.54 Å². The van der Waals surface area contributed by atoms with Gasteiger partial charge in [0.05, 0.1) is 24.2 Å². The van der Waals surface area contributed by atoms with Crippen LogP contribution in [0.5, 0.6) is 11.5 Å². The third-order valence-corrected chi connectivity index (χ3v) is 5.42. The molecule has 1 amide bonds. The lowest BCUT2D eigenvalue weighted by atomic mass is 10.2. The Morgan fingerprint density at radius 3 is 2.42 bits per heavy atom. The van der Waals surface area contributed by atoms with E-state index in [2.05, 4.69) is 35.0 Å². The fourth-order valence-electron chi connectivity index (χ4n) is 3.64. The Labute approximate surface area is 194 Å². The van der Waals surface area contributed by atoms with Gasteiger partial charge < -0.3 is 19.4 Å². The van der Waals surface area contributed by atoms with E-state index in [1.165, 1.54) is 5.56 Å². The molecule has 0 spiro atoms. The molecule has 0 saturated heterocycles. The molecular weight excluding hydrogens is 414 g/mol. The van der Waals surface area contributed by atoms with Crippen LogP contribution in [0.15, 0.2) is 78.9 Å². The molecule has 0 aliphatic heterocycles. The van der Waals surface area contributed by atoms with E-state index >= 15 is 0 Å². The van der Waals surface area contributed by atoms with Crippen LogP contribution in [0.4, 0.5) is 0 Å². The van der Waals surface area contributed by atoms with Crippen molar-refractivity contribution in [2.45, 2.75) is 32.9 Å². The van der Waals surface area contributed by atoms with Gasteiger partial charge in [-0.1, -0.05) is 49.4 Å². The third-order valence-electron chi connectivity index (χ3n) is 5.42. The second-order valence-corrected chi connectivity index (χ2v) is 7.75. The Bertz CT molecular complexity index is 1170. The summed E-state index contributed by atoms with van der Waals surface area (Å²) in [6.07, 6.45) is 1.85. The topological polar surface area (TPSA) is 65.4 Å². The van der Waals surface area contributed by atoms with E-state index in [0.29, 0.717) is 18.9 Å². The highest BCUT2D eigenvalue weighted by atomic mass is 16.5. The van der Waals surface area contributed by atoms with Gasteiger partial charge >= 0.3 is 0 Å². The number of nitrogens with one attached hydrogen (secondary N) is 1. The summed E-state index contributed by atoms with van der Waals surface area (Å²) in [7, 11) is 0. The Balaban J connectivity index is 1.33. The van der Waals surface area contributed by atoms with Gasteiger partial charge in [-0.25, -0.2) is 4.98 Å². The van der Waals surface area contributed by atoms with Crippen LogP contribution in [0.1, 0.15) is 24.7 Å². The first-order chi connectivity index (χ1) is 16.2. The van der Waals surface area contributed by atoms with Crippen LogP contribution in [0, 0.1) is 0 Å². The average molecular weight is 444 g/mol. The zero-order valence-electron chi connectivity index (χ0n) is 18.9. The Kier molecular flexibility index (Phi) is 7.59. The minimum absolute atomic E-state index is 0.0328. The van der Waals surface area contributed by atoms with Gasteiger partial charge in [-0.3, -0.25) is 4.79 Å². The normalized spacial score (nSPS) is 10.8. The maximum absolute atomic E-state index is 12.3. The largest absolute Gasteiger partial charge is 0.494 e. The molecule has 0 fully saturated rings. The molecule has 4 rings (SSSR count). The van der Waals surface area contributed by atoms with Crippen molar-refractivity contribution in [1.29, 1.82) is 0 Å². The van der Waals surface area contributed by atoms with Crippen LogP contribution in [0.25, 0.3) is 11.0 Å². The lowest BCUT2D eigenvalue weighted by Crippen LogP contribution is -2.29. The number of imidazole rings is 1. The molecule has 3 aromatic carbocycles. The number of benzene rings is 3. The number of hydrogen-bond acceptors (Lipinski definition) is 4. The van der Waals surface area contributed by atoms with Crippen LogP contribution in [-0.4, -0.2) is 28.7 Å². The van der Waals surface area contributed by atoms with E-state index in [0.717, 1.165) is 42.0 Å². The number of ether oxygens (including phenoxy) is 2. The van der Waals surface area contributed by atoms with Gasteiger partial charge in [-0.15, -0.1) is 0 Å². The van der Waals surface area contributed by atoms with Gasteiger partial charge in [-0.2, -0.15) is 0 Å². The van der Waals surface area contributed by atoms with E-state index in [1.807, 2.05) is 60.7 Å². The van der Waals surface area contributed by atoms with Gasteiger partial charge in [0.25, 0.3) is 5.91 Å². The zero-order chi connectivity index (χ0) is 22.9. The fraction of sp³-hybridized carbons (Fsp3) is 0.259. The number of aryl methyl sites for hydroxylation is 2. The summed E-state index contributed by atoms with van der Waals surface area (Å²) < 4.78 is 13.6. The Morgan fingerprint density at radius 1 is 0.909 bits per heavy atom. The molecule has 0 atom stereocenters. The van der Waals surface area contributed by atoms with E-state index in [-0.39, 0.29) is 12.5 Å². The Morgan fingerprint density at radius 2 is 1.64 bits per heavy atom. The van der Waals surface area contributed by atoms with Crippen LogP contribution < -0.4 is 14.8 Å². The Hall–Kier alpha value is -3.80. The predicted molar refractivity (Wildman–Crippen MR) is 129 cm³/mol. The lowest BCUT2D eigenvalue weighted by molar-refractivity contribution is -0.123. The van der Waals surface area contributed by atoms with Crippen LogP contribution in [0.3, 0.4) is 0 Å². The summed E-state index contributed by atoms with van der Waals surface area (Å²) >= 11 is 0. The second kappa shape index (κ2) is 11.2. The van der Waals surface area contributed by atoms with Crippen molar-refractivity contribution in [2.24, 2.45) is 0 Å². The maximum atomic E-state index is 12.3. The molecule has 0 saturated carbocycles. The highest BCUT2D eigenvalue weighted by Gasteiger charge is 2.12. The number of hydrogen-bond donors (Lipinski definition) is 1. The summed E-state index contributed by atoms with van der Waals surface area (Å²) in [6, 6.07) is 25.6. The summed E-state index contributed by atoms with van der Waals surface area (Å²) in [5, 5.41) is 2.92. The number of nitrogens with zero attached hydrogens (tertiary/aromatic N) is 2. The van der Waals surface area contributed by atoms with E-state index < -0.39 is 0 Å². The van der Waals surface area contributed by atoms with Crippen LogP contribution >= 0.6 is 0 Å². The van der Waals surface area contributed by atoms with E-state index in [1.54, 1.807) is 0 Å². The molecule has 4 aromatic rings. The number of fused-ring (bicyclic) bond motifs is 1. The number of amides is 1. The number of rotatable bonds is 11. The SMILES string of the molecule is CCc1ccc(OCCCn2c(CNC(=O)COc3ccccc3)nc3ccccc32)cc1. The number of carbonyl (C=O) groups is 1. The molecule has 0 radical (unpaired) electrons. The molecule has 170 valence electrons. The monoisotopic (exact) mass is 443 g/mol. The quantitative estimate of drug-likeness (QED) is 0.339. The third kappa shape index (κ3) is 6.13. The van der Waals surface area contributed by atoms with Gasteiger partial charge in [0.1, 0.15) is 17.3 Å². The average Bonchev–Trinajstić information content (AvgIpc) is 3.22. The molecular formula is C27H29N3O3. The first-order valence-corrected chi connectivity index (χ1v) is 11.3. The molecule has 1 aromatic heterocycles. The minimum Gasteiger partial charge on any atom is -0.494 e. The van der Waals surface area contributed by atoms with Crippen molar-refractivity contribution < 1.29 is 14.3 Å². The first-order valence-electron chi connectivity index (χ1n) is 11.3. The molecule has 0 aliphatic carbocycles. The number of para-hydroxylation sites is 3. The molecule has 6 heteroatoms. The summed E-state index contributed by atoms with van der Waals surface area (Å²) in [5.41, 5.74) is 3.26. The fourth-order valence-corrected chi connectivity index (χ4v) is 3.64. The number of aromatic nitrogens is 2. The van der Waals surface area contributed by atoms with Crippen LogP contribution in [0.2, 0.25) is 0 Å². The summed E-state index contributed by atoms with van der Waals surface area (Å²) in [5.74, 6) is 2.19. The standard InChI is InChI=1S/C27H29N3O3/c1-2-21-13-15-23(16-14-21)32-18-8-17-30-25-12-7-6-11-24(25)29-26(30)19-28-27(31)20-33-22-9-4-3-5-10-22/h3-7,9-16H,2,8,17-20H2,1H3,(H,28,31).